The minimum absolute atomic E-state index is 0.194. The quantitative estimate of drug-likeness (QED) is 0.327. The Balaban J connectivity index is 1.23. The molecule has 0 aliphatic rings. The first-order chi connectivity index (χ1) is 16.2. The summed E-state index contributed by atoms with van der Waals surface area (Å²) in [4.78, 5) is 16.9. The Morgan fingerprint density at radius 2 is 1.88 bits per heavy atom. The van der Waals surface area contributed by atoms with E-state index in [9.17, 15) is 9.90 Å². The molecule has 7 nitrogen and oxygen atoms in total. The van der Waals surface area contributed by atoms with Gasteiger partial charge in [0.2, 0.25) is 5.89 Å². The fraction of sp³-hybridized carbons (Fsp3) is 0.0800. The van der Waals surface area contributed by atoms with Gasteiger partial charge in [0, 0.05) is 11.8 Å². The Morgan fingerprint density at radius 1 is 1.06 bits per heavy atom. The number of aromatic nitrogens is 3. The van der Waals surface area contributed by atoms with E-state index in [4.69, 9.17) is 9.15 Å². The van der Waals surface area contributed by atoms with Gasteiger partial charge in [-0.2, -0.15) is 5.10 Å². The first-order valence-corrected chi connectivity index (χ1v) is 11.1. The zero-order valence-corrected chi connectivity index (χ0v) is 18.2. The van der Waals surface area contributed by atoms with Crippen LogP contribution in [0.3, 0.4) is 0 Å². The predicted octanol–water partition coefficient (Wildman–Crippen LogP) is 5.59. The third-order valence-electron chi connectivity index (χ3n) is 4.97. The molecule has 3 heterocycles. The maximum Gasteiger partial charge on any atom is 0.339 e. The summed E-state index contributed by atoms with van der Waals surface area (Å²) in [6, 6.07) is 21.1. The molecule has 0 unspecified atom stereocenters. The van der Waals surface area contributed by atoms with Crippen molar-refractivity contribution >= 4 is 17.3 Å². The molecule has 0 aliphatic heterocycles. The number of thiophene rings is 1. The monoisotopic (exact) mass is 457 g/mol. The van der Waals surface area contributed by atoms with Crippen LogP contribution in [0.4, 0.5) is 0 Å². The van der Waals surface area contributed by atoms with Crippen LogP contribution < -0.4 is 4.74 Å². The predicted molar refractivity (Wildman–Crippen MR) is 124 cm³/mol. The number of ether oxygens (including phenoxy) is 1. The first kappa shape index (κ1) is 20.7. The van der Waals surface area contributed by atoms with Gasteiger partial charge in [0.05, 0.1) is 11.4 Å². The van der Waals surface area contributed by atoms with Crippen LogP contribution in [0.25, 0.3) is 22.0 Å². The van der Waals surface area contributed by atoms with Crippen molar-refractivity contribution in [2.24, 2.45) is 0 Å². The lowest BCUT2D eigenvalue weighted by molar-refractivity contribution is 0.0697. The number of carbonyl (C=O) groups is 1. The summed E-state index contributed by atoms with van der Waals surface area (Å²) in [5.74, 6) is 0.275. The molecule has 0 spiro atoms. The van der Waals surface area contributed by atoms with E-state index in [1.165, 1.54) is 11.3 Å². The van der Waals surface area contributed by atoms with Crippen molar-refractivity contribution < 1.29 is 19.1 Å². The molecular formula is C25H19N3O4S. The third-order valence-corrected chi connectivity index (χ3v) is 5.85. The fourth-order valence-corrected chi connectivity index (χ4v) is 4.10. The maximum atomic E-state index is 11.6. The summed E-state index contributed by atoms with van der Waals surface area (Å²) >= 11 is 1.47. The maximum absolute atomic E-state index is 11.6. The van der Waals surface area contributed by atoms with E-state index in [0.29, 0.717) is 36.2 Å². The van der Waals surface area contributed by atoms with Gasteiger partial charge in [-0.1, -0.05) is 36.4 Å². The Kier molecular flexibility index (Phi) is 5.73. The number of nitrogens with zero attached hydrogens (tertiary/aromatic N) is 3. The van der Waals surface area contributed by atoms with Gasteiger partial charge in [0.25, 0.3) is 0 Å². The van der Waals surface area contributed by atoms with Gasteiger partial charge < -0.3 is 14.3 Å². The number of oxazole rings is 1. The van der Waals surface area contributed by atoms with E-state index in [-0.39, 0.29) is 5.56 Å². The minimum atomic E-state index is -0.989. The highest BCUT2D eigenvalue weighted by atomic mass is 32.1. The Morgan fingerprint density at radius 3 is 2.61 bits per heavy atom. The van der Waals surface area contributed by atoms with Crippen molar-refractivity contribution in [3.8, 4) is 27.8 Å². The van der Waals surface area contributed by atoms with Crippen molar-refractivity contribution in [3.63, 3.8) is 0 Å². The van der Waals surface area contributed by atoms with Crippen molar-refractivity contribution in [1.29, 1.82) is 0 Å². The smallest absolute Gasteiger partial charge is 0.339 e. The summed E-state index contributed by atoms with van der Waals surface area (Å²) in [7, 11) is 0. The van der Waals surface area contributed by atoms with Crippen LogP contribution in [0.5, 0.6) is 5.75 Å². The average molecular weight is 458 g/mol. The molecule has 0 aliphatic carbocycles. The van der Waals surface area contributed by atoms with E-state index in [0.717, 1.165) is 16.0 Å². The van der Waals surface area contributed by atoms with Crippen LogP contribution in [0.2, 0.25) is 0 Å². The van der Waals surface area contributed by atoms with Gasteiger partial charge in [-0.3, -0.25) is 4.68 Å². The van der Waals surface area contributed by atoms with Crippen LogP contribution in [0.1, 0.15) is 21.6 Å². The van der Waals surface area contributed by atoms with Crippen LogP contribution in [-0.2, 0) is 13.2 Å². The van der Waals surface area contributed by atoms with Crippen molar-refractivity contribution in [2.75, 3.05) is 0 Å². The molecule has 0 amide bonds. The Bertz CT molecular complexity index is 1360. The van der Waals surface area contributed by atoms with E-state index in [1.54, 1.807) is 17.1 Å². The second-order valence-electron chi connectivity index (χ2n) is 7.31. The summed E-state index contributed by atoms with van der Waals surface area (Å²) in [6.45, 7) is 0.747. The molecule has 0 saturated carbocycles. The number of carboxylic acid groups (broad SMARTS) is 1. The molecule has 33 heavy (non-hydrogen) atoms. The Labute approximate surface area is 193 Å². The highest BCUT2D eigenvalue weighted by Crippen LogP contribution is 2.27. The molecule has 0 bridgehead atoms. The molecule has 5 aromatic rings. The van der Waals surface area contributed by atoms with E-state index < -0.39 is 5.97 Å². The van der Waals surface area contributed by atoms with Crippen molar-refractivity contribution in [1.82, 2.24) is 14.8 Å². The summed E-state index contributed by atoms with van der Waals surface area (Å²) < 4.78 is 13.0. The first-order valence-electron chi connectivity index (χ1n) is 10.2. The van der Waals surface area contributed by atoms with Gasteiger partial charge in [0.15, 0.2) is 0 Å². The molecule has 0 saturated heterocycles. The number of hydrogen-bond donors (Lipinski definition) is 1. The molecule has 2 aromatic carbocycles. The zero-order valence-electron chi connectivity index (χ0n) is 17.4. The van der Waals surface area contributed by atoms with Crippen LogP contribution >= 0.6 is 11.3 Å². The number of aromatic carboxylic acids is 1. The second kappa shape index (κ2) is 9.13. The lowest BCUT2D eigenvalue weighted by Crippen LogP contribution is -2.01. The molecule has 164 valence electrons. The molecule has 0 fully saturated rings. The fourth-order valence-electron chi connectivity index (χ4n) is 3.38. The van der Waals surface area contributed by atoms with Crippen molar-refractivity contribution in [3.05, 3.63) is 101 Å². The number of hydrogen-bond acceptors (Lipinski definition) is 6. The van der Waals surface area contributed by atoms with Crippen LogP contribution in [-0.4, -0.2) is 25.8 Å². The van der Waals surface area contributed by atoms with Gasteiger partial charge in [0.1, 0.15) is 35.6 Å². The largest absolute Gasteiger partial charge is 0.487 e. The lowest BCUT2D eigenvalue weighted by Gasteiger charge is -2.06. The minimum Gasteiger partial charge on any atom is -0.487 e. The molecule has 3 aromatic heterocycles. The highest BCUT2D eigenvalue weighted by molar-refractivity contribution is 7.13. The van der Waals surface area contributed by atoms with E-state index >= 15 is 0 Å². The van der Waals surface area contributed by atoms with Crippen molar-refractivity contribution in [2.45, 2.75) is 13.2 Å². The standard InChI is InChI=1S/C25H19N3O4S/c29-25(30)21-14-28(27-23(21)22-7-4-12-33-22)13-17-8-10-20(11-9-17)31-15-19-16-32-24(26-19)18-5-2-1-3-6-18/h1-12,14,16H,13,15H2,(H,29,30). The normalized spacial score (nSPS) is 10.9. The van der Waals surface area contributed by atoms with Gasteiger partial charge in [-0.15, -0.1) is 11.3 Å². The molecule has 0 radical (unpaired) electrons. The van der Waals surface area contributed by atoms with Gasteiger partial charge in [-0.05, 0) is 41.3 Å². The summed E-state index contributed by atoms with van der Waals surface area (Å²) in [5, 5.41) is 15.9. The van der Waals surface area contributed by atoms with Crippen LogP contribution in [0.15, 0.2) is 89.0 Å². The molecule has 8 heteroatoms. The summed E-state index contributed by atoms with van der Waals surface area (Å²) in [6.07, 6.45) is 3.16. The number of carboxylic acids is 1. The molecule has 5 rings (SSSR count). The van der Waals surface area contributed by atoms with E-state index in [1.807, 2.05) is 72.1 Å². The zero-order chi connectivity index (χ0) is 22.6. The lowest BCUT2D eigenvalue weighted by atomic mass is 10.2. The average Bonchev–Trinajstić information content (AvgIpc) is 3.60. The second-order valence-corrected chi connectivity index (χ2v) is 8.26. The highest BCUT2D eigenvalue weighted by Gasteiger charge is 2.18. The summed E-state index contributed by atoms with van der Waals surface area (Å²) in [5.41, 5.74) is 3.28. The Hall–Kier alpha value is -4.17. The van der Waals surface area contributed by atoms with Crippen LogP contribution in [0, 0.1) is 0 Å². The SMILES string of the molecule is O=C(O)c1cn(Cc2ccc(OCc3coc(-c4ccccc4)n3)cc2)nc1-c1cccs1. The number of benzene rings is 2. The third kappa shape index (κ3) is 4.70. The molecule has 0 atom stereocenters. The molecular weight excluding hydrogens is 438 g/mol. The van der Waals surface area contributed by atoms with Gasteiger partial charge >= 0.3 is 5.97 Å². The van der Waals surface area contributed by atoms with E-state index in [2.05, 4.69) is 10.1 Å². The van der Waals surface area contributed by atoms with Gasteiger partial charge in [-0.25, -0.2) is 9.78 Å². The molecule has 1 N–H and O–H groups in total. The topological polar surface area (TPSA) is 90.4 Å². The number of rotatable bonds is 8.